The Morgan fingerprint density at radius 2 is 2.00 bits per heavy atom. The van der Waals surface area contributed by atoms with Gasteiger partial charge in [-0.3, -0.25) is 0 Å². The van der Waals surface area contributed by atoms with Crippen LogP contribution in [0.2, 0.25) is 0 Å². The number of hydrogen-bond donors (Lipinski definition) is 1. The van der Waals surface area contributed by atoms with E-state index in [0.717, 1.165) is 35.5 Å². The van der Waals surface area contributed by atoms with E-state index in [0.29, 0.717) is 12.0 Å². The predicted octanol–water partition coefficient (Wildman–Crippen LogP) is 3.86. The summed E-state index contributed by atoms with van der Waals surface area (Å²) in [6.07, 6.45) is 2.48. The van der Waals surface area contributed by atoms with Crippen molar-refractivity contribution in [3.63, 3.8) is 0 Å². The molecule has 0 amide bonds. The molecule has 1 heterocycles. The molecular formula is C15H19F2N3S. The first-order valence-corrected chi connectivity index (χ1v) is 7.95. The first kappa shape index (κ1) is 16.0. The maximum Gasteiger partial charge on any atom is 0.159 e. The summed E-state index contributed by atoms with van der Waals surface area (Å²) in [4.78, 5) is 0. The van der Waals surface area contributed by atoms with Crippen LogP contribution in [0.25, 0.3) is 0 Å². The zero-order valence-corrected chi connectivity index (χ0v) is 13.0. The molecule has 3 nitrogen and oxygen atoms in total. The lowest BCUT2D eigenvalue weighted by Crippen LogP contribution is -2.21. The highest BCUT2D eigenvalue weighted by molar-refractivity contribution is 7.11. The minimum Gasteiger partial charge on any atom is -0.308 e. The number of nitrogens with zero attached hydrogens (tertiary/aromatic N) is 2. The quantitative estimate of drug-likeness (QED) is 0.844. The third-order valence-electron chi connectivity index (χ3n) is 3.17. The van der Waals surface area contributed by atoms with Gasteiger partial charge in [0.25, 0.3) is 0 Å². The average Bonchev–Trinajstić information content (AvgIpc) is 2.92. The van der Waals surface area contributed by atoms with Crippen LogP contribution in [0.5, 0.6) is 0 Å². The molecule has 0 fully saturated rings. The monoisotopic (exact) mass is 311 g/mol. The first-order chi connectivity index (χ1) is 10.1. The van der Waals surface area contributed by atoms with Gasteiger partial charge < -0.3 is 5.32 Å². The van der Waals surface area contributed by atoms with Crippen LogP contribution in [0.1, 0.15) is 48.3 Å². The van der Waals surface area contributed by atoms with Gasteiger partial charge in [0.15, 0.2) is 11.6 Å². The Morgan fingerprint density at radius 3 is 2.67 bits per heavy atom. The van der Waals surface area contributed by atoms with Gasteiger partial charge in [-0.1, -0.05) is 31.3 Å². The van der Waals surface area contributed by atoms with Gasteiger partial charge in [-0.05, 0) is 37.1 Å². The number of hydrogen-bond acceptors (Lipinski definition) is 4. The summed E-state index contributed by atoms with van der Waals surface area (Å²) < 4.78 is 26.1. The molecular weight excluding hydrogens is 292 g/mol. The van der Waals surface area contributed by atoms with E-state index in [9.17, 15) is 8.78 Å². The molecule has 0 spiro atoms. The summed E-state index contributed by atoms with van der Waals surface area (Å²) in [6, 6.07) is 4.14. The van der Waals surface area contributed by atoms with Gasteiger partial charge in [0.05, 0.1) is 6.04 Å². The summed E-state index contributed by atoms with van der Waals surface area (Å²) >= 11 is 1.52. The summed E-state index contributed by atoms with van der Waals surface area (Å²) in [5.41, 5.74) is 0.700. The standard InChI is InChI=1S/C15H19F2N3S/c1-3-7-18-13(4-2)15-20-19-14(21-15)9-10-5-6-11(16)12(17)8-10/h5-6,8,13,18H,3-4,7,9H2,1-2H3. The van der Waals surface area contributed by atoms with E-state index in [1.54, 1.807) is 6.07 Å². The van der Waals surface area contributed by atoms with Crippen molar-refractivity contribution < 1.29 is 8.78 Å². The second-order valence-corrected chi connectivity index (χ2v) is 5.97. The van der Waals surface area contributed by atoms with E-state index in [4.69, 9.17) is 0 Å². The molecule has 0 saturated heterocycles. The molecule has 6 heteroatoms. The van der Waals surface area contributed by atoms with Gasteiger partial charge in [0.2, 0.25) is 0 Å². The Balaban J connectivity index is 2.06. The van der Waals surface area contributed by atoms with Crippen molar-refractivity contribution in [1.29, 1.82) is 0 Å². The lowest BCUT2D eigenvalue weighted by atomic mass is 10.1. The number of halogens is 2. The van der Waals surface area contributed by atoms with E-state index in [2.05, 4.69) is 29.4 Å². The van der Waals surface area contributed by atoms with Gasteiger partial charge in [0.1, 0.15) is 10.0 Å². The molecule has 1 unspecified atom stereocenters. The van der Waals surface area contributed by atoms with Crippen LogP contribution in [-0.4, -0.2) is 16.7 Å². The number of aromatic nitrogens is 2. The number of nitrogens with one attached hydrogen (secondary N) is 1. The van der Waals surface area contributed by atoms with E-state index in [1.165, 1.54) is 17.4 Å². The third-order valence-corrected chi connectivity index (χ3v) is 4.21. The summed E-state index contributed by atoms with van der Waals surface area (Å²) in [6.45, 7) is 5.16. The Morgan fingerprint density at radius 1 is 1.19 bits per heavy atom. The molecule has 114 valence electrons. The minimum absolute atomic E-state index is 0.209. The molecule has 1 atom stereocenters. The van der Waals surface area contributed by atoms with Crippen molar-refractivity contribution in [2.75, 3.05) is 6.54 Å². The SMILES string of the molecule is CCCNC(CC)c1nnc(Cc2ccc(F)c(F)c2)s1. The fourth-order valence-corrected chi connectivity index (χ4v) is 3.06. The maximum absolute atomic E-state index is 13.2. The Labute approximate surface area is 127 Å². The van der Waals surface area contributed by atoms with Crippen LogP contribution >= 0.6 is 11.3 Å². The normalized spacial score (nSPS) is 12.6. The van der Waals surface area contributed by atoms with Crippen LogP contribution in [-0.2, 0) is 6.42 Å². The molecule has 21 heavy (non-hydrogen) atoms. The fourth-order valence-electron chi connectivity index (χ4n) is 2.03. The molecule has 0 aliphatic heterocycles. The molecule has 0 aliphatic rings. The molecule has 1 aromatic heterocycles. The topological polar surface area (TPSA) is 37.8 Å². The van der Waals surface area contributed by atoms with Crippen LogP contribution in [0.15, 0.2) is 18.2 Å². The molecule has 0 aliphatic carbocycles. The van der Waals surface area contributed by atoms with E-state index in [-0.39, 0.29) is 6.04 Å². The molecule has 1 aromatic carbocycles. The Hall–Kier alpha value is -1.40. The van der Waals surface area contributed by atoms with Crippen molar-refractivity contribution in [2.45, 2.75) is 39.2 Å². The van der Waals surface area contributed by atoms with E-state index < -0.39 is 11.6 Å². The van der Waals surface area contributed by atoms with Crippen molar-refractivity contribution in [3.05, 3.63) is 45.4 Å². The van der Waals surface area contributed by atoms with Gasteiger partial charge in [-0.15, -0.1) is 10.2 Å². The molecule has 1 N–H and O–H groups in total. The van der Waals surface area contributed by atoms with E-state index in [1.807, 2.05) is 0 Å². The van der Waals surface area contributed by atoms with Crippen LogP contribution in [0.4, 0.5) is 8.78 Å². The van der Waals surface area contributed by atoms with Gasteiger partial charge in [0, 0.05) is 6.42 Å². The molecule has 2 aromatic rings. The molecule has 2 rings (SSSR count). The minimum atomic E-state index is -0.827. The highest BCUT2D eigenvalue weighted by Gasteiger charge is 2.14. The summed E-state index contributed by atoms with van der Waals surface area (Å²) in [5.74, 6) is -1.65. The summed E-state index contributed by atoms with van der Waals surface area (Å²) in [7, 11) is 0. The lowest BCUT2D eigenvalue weighted by molar-refractivity contribution is 0.507. The Bertz CT molecular complexity index is 586. The zero-order chi connectivity index (χ0) is 15.2. The zero-order valence-electron chi connectivity index (χ0n) is 12.2. The highest BCUT2D eigenvalue weighted by Crippen LogP contribution is 2.23. The number of benzene rings is 1. The van der Waals surface area contributed by atoms with E-state index >= 15 is 0 Å². The van der Waals surface area contributed by atoms with Crippen molar-refractivity contribution in [2.24, 2.45) is 0 Å². The van der Waals surface area contributed by atoms with Crippen LogP contribution in [0.3, 0.4) is 0 Å². The van der Waals surface area contributed by atoms with Gasteiger partial charge in [-0.2, -0.15) is 0 Å². The second kappa shape index (κ2) is 7.56. The maximum atomic E-state index is 13.2. The molecule has 0 radical (unpaired) electrons. The van der Waals surface area contributed by atoms with Crippen molar-refractivity contribution in [1.82, 2.24) is 15.5 Å². The number of rotatable bonds is 7. The second-order valence-electron chi connectivity index (χ2n) is 4.87. The predicted molar refractivity (Wildman–Crippen MR) is 80.4 cm³/mol. The lowest BCUT2D eigenvalue weighted by Gasteiger charge is -2.12. The summed E-state index contributed by atoms with van der Waals surface area (Å²) in [5, 5.41) is 13.6. The van der Waals surface area contributed by atoms with Crippen LogP contribution < -0.4 is 5.32 Å². The van der Waals surface area contributed by atoms with Gasteiger partial charge >= 0.3 is 0 Å². The molecule has 0 saturated carbocycles. The van der Waals surface area contributed by atoms with Crippen molar-refractivity contribution in [3.8, 4) is 0 Å². The Kier molecular flexibility index (Phi) is 5.76. The van der Waals surface area contributed by atoms with Gasteiger partial charge in [-0.25, -0.2) is 8.78 Å². The largest absolute Gasteiger partial charge is 0.308 e. The highest BCUT2D eigenvalue weighted by atomic mass is 32.1. The smallest absolute Gasteiger partial charge is 0.159 e. The van der Waals surface area contributed by atoms with Crippen LogP contribution in [0, 0.1) is 11.6 Å². The van der Waals surface area contributed by atoms with Crippen molar-refractivity contribution >= 4 is 11.3 Å². The first-order valence-electron chi connectivity index (χ1n) is 7.13. The molecule has 0 bridgehead atoms. The fraction of sp³-hybridized carbons (Fsp3) is 0.467. The third kappa shape index (κ3) is 4.28. The average molecular weight is 311 g/mol.